The molecule has 4 nitrogen and oxygen atoms in total. The summed E-state index contributed by atoms with van der Waals surface area (Å²) in [6, 6.07) is 0. The van der Waals surface area contributed by atoms with E-state index in [1.54, 1.807) is 0 Å². The summed E-state index contributed by atoms with van der Waals surface area (Å²) in [6.07, 6.45) is 9.77. The largest absolute Gasteiger partial charge is 0.468 e. The molecular weight excluding hydrogens is 268 g/mol. The highest BCUT2D eigenvalue weighted by Gasteiger charge is 2.45. The van der Waals surface area contributed by atoms with Gasteiger partial charge in [-0.05, 0) is 43.8 Å². The molecule has 0 aromatic rings. The average Bonchev–Trinajstić information content (AvgIpc) is 2.78. The maximum atomic E-state index is 12.1. The molecule has 0 radical (unpaired) electrons. The molecule has 1 aliphatic rings. The Kier molecular flexibility index (Phi) is 6.97. The molecular formula is C17H24O4. The molecule has 0 aromatic carbocycles. The zero-order valence-electron chi connectivity index (χ0n) is 12.9. The quantitative estimate of drug-likeness (QED) is 0.256. The van der Waals surface area contributed by atoms with Gasteiger partial charge >= 0.3 is 11.9 Å². The van der Waals surface area contributed by atoms with Gasteiger partial charge in [0, 0.05) is 0 Å². The molecule has 4 heteroatoms. The Bertz CT molecular complexity index is 429. The number of carbonyl (C=O) groups is 2. The van der Waals surface area contributed by atoms with Crippen LogP contribution >= 0.6 is 0 Å². The van der Waals surface area contributed by atoms with Crippen LogP contribution < -0.4 is 0 Å². The van der Waals surface area contributed by atoms with Crippen LogP contribution in [-0.4, -0.2) is 26.2 Å². The van der Waals surface area contributed by atoms with Crippen LogP contribution in [0.5, 0.6) is 0 Å². The second kappa shape index (κ2) is 8.48. The number of allylic oxidation sites excluding steroid dienone is 1. The van der Waals surface area contributed by atoms with E-state index in [2.05, 4.69) is 12.3 Å². The van der Waals surface area contributed by atoms with E-state index in [9.17, 15) is 9.59 Å². The van der Waals surface area contributed by atoms with Crippen LogP contribution in [0.2, 0.25) is 0 Å². The van der Waals surface area contributed by atoms with E-state index < -0.39 is 17.4 Å². The number of ether oxygens (including phenoxy) is 2. The van der Waals surface area contributed by atoms with Crippen LogP contribution in [0, 0.1) is 5.41 Å². The summed E-state index contributed by atoms with van der Waals surface area (Å²) in [5.74, 6) is -1.29. The molecule has 0 heterocycles. The van der Waals surface area contributed by atoms with Crippen LogP contribution in [0.25, 0.3) is 0 Å². The number of carbonyl (C=O) groups excluding carboxylic acids is 2. The zero-order chi connectivity index (χ0) is 15.7. The van der Waals surface area contributed by atoms with Crippen molar-refractivity contribution in [3.05, 3.63) is 30.0 Å². The Hall–Kier alpha value is -1.80. The lowest BCUT2D eigenvalue weighted by Gasteiger charge is -2.22. The van der Waals surface area contributed by atoms with E-state index in [0.29, 0.717) is 0 Å². The third-order valence-electron chi connectivity index (χ3n) is 3.80. The summed E-state index contributed by atoms with van der Waals surface area (Å²) in [4.78, 5) is 24.2. The van der Waals surface area contributed by atoms with Crippen LogP contribution in [0.3, 0.4) is 0 Å². The van der Waals surface area contributed by atoms with E-state index >= 15 is 0 Å². The van der Waals surface area contributed by atoms with Crippen molar-refractivity contribution in [2.45, 2.75) is 44.9 Å². The van der Waals surface area contributed by atoms with Crippen LogP contribution in [-0.2, 0) is 19.1 Å². The highest BCUT2D eigenvalue weighted by molar-refractivity contribution is 6.02. The van der Waals surface area contributed by atoms with E-state index in [-0.39, 0.29) is 6.42 Å². The Morgan fingerprint density at radius 1 is 1.14 bits per heavy atom. The average molecular weight is 292 g/mol. The van der Waals surface area contributed by atoms with E-state index in [4.69, 9.17) is 9.47 Å². The van der Waals surface area contributed by atoms with Crippen molar-refractivity contribution in [3.8, 4) is 0 Å². The van der Waals surface area contributed by atoms with Crippen molar-refractivity contribution >= 4 is 11.9 Å². The minimum absolute atomic E-state index is 0.132. The number of esters is 2. The van der Waals surface area contributed by atoms with E-state index in [0.717, 1.165) is 31.3 Å². The molecule has 0 atom stereocenters. The van der Waals surface area contributed by atoms with Gasteiger partial charge in [0.2, 0.25) is 0 Å². The molecule has 0 saturated heterocycles. The number of rotatable bonds is 5. The number of methoxy groups -OCH3 is 2. The van der Waals surface area contributed by atoms with Crippen LogP contribution in [0.4, 0.5) is 0 Å². The van der Waals surface area contributed by atoms with Gasteiger partial charge in [-0.3, -0.25) is 9.59 Å². The summed E-state index contributed by atoms with van der Waals surface area (Å²) in [7, 11) is 2.52. The minimum atomic E-state index is -1.48. The smallest absolute Gasteiger partial charge is 0.328 e. The second-order valence-electron chi connectivity index (χ2n) is 5.25. The van der Waals surface area contributed by atoms with E-state index in [1.165, 1.54) is 39.2 Å². The molecule has 1 saturated carbocycles. The van der Waals surface area contributed by atoms with Crippen molar-refractivity contribution in [1.29, 1.82) is 0 Å². The normalized spacial score (nSPS) is 15.4. The molecule has 0 bridgehead atoms. The molecule has 0 aliphatic heterocycles. The third kappa shape index (κ3) is 4.33. The fraction of sp³-hybridized carbons (Fsp3) is 0.588. The zero-order valence-corrected chi connectivity index (χ0v) is 12.9. The maximum absolute atomic E-state index is 12.1. The Labute approximate surface area is 126 Å². The van der Waals surface area contributed by atoms with Crippen molar-refractivity contribution in [2.75, 3.05) is 14.2 Å². The van der Waals surface area contributed by atoms with E-state index in [1.807, 2.05) is 0 Å². The molecule has 1 fully saturated rings. The molecule has 21 heavy (non-hydrogen) atoms. The van der Waals surface area contributed by atoms with Crippen LogP contribution in [0.15, 0.2) is 30.0 Å². The van der Waals surface area contributed by atoms with Gasteiger partial charge in [0.25, 0.3) is 0 Å². The van der Waals surface area contributed by atoms with Crippen molar-refractivity contribution in [1.82, 2.24) is 0 Å². The minimum Gasteiger partial charge on any atom is -0.468 e. The fourth-order valence-corrected chi connectivity index (χ4v) is 2.54. The molecule has 0 aromatic heterocycles. The SMILES string of the molecule is C=CCC(C=C=C1CCCCCC1)(C(=O)OC)C(=O)OC. The van der Waals surface area contributed by atoms with Gasteiger partial charge in [-0.2, -0.15) is 0 Å². The number of hydrogen-bond donors (Lipinski definition) is 0. The summed E-state index contributed by atoms with van der Waals surface area (Å²) in [5, 5.41) is 0. The fourth-order valence-electron chi connectivity index (χ4n) is 2.54. The van der Waals surface area contributed by atoms with Gasteiger partial charge in [0.1, 0.15) is 0 Å². The Morgan fingerprint density at radius 3 is 2.10 bits per heavy atom. The molecule has 0 spiro atoms. The summed E-state index contributed by atoms with van der Waals surface area (Å²) >= 11 is 0. The van der Waals surface area contributed by atoms with Gasteiger partial charge in [-0.1, -0.05) is 18.9 Å². The summed E-state index contributed by atoms with van der Waals surface area (Å²) < 4.78 is 9.58. The third-order valence-corrected chi connectivity index (χ3v) is 3.80. The maximum Gasteiger partial charge on any atom is 0.328 e. The lowest BCUT2D eigenvalue weighted by molar-refractivity contribution is -0.164. The monoisotopic (exact) mass is 292 g/mol. The van der Waals surface area contributed by atoms with Crippen molar-refractivity contribution < 1.29 is 19.1 Å². The first kappa shape index (κ1) is 17.3. The standard InChI is InChI=1S/C17H24O4/c1-4-12-17(15(18)20-2,16(19)21-3)13-11-14-9-7-5-6-8-10-14/h4,13H,1,5-10,12H2,2-3H3. The molecule has 0 amide bonds. The predicted molar refractivity (Wildman–Crippen MR) is 80.6 cm³/mol. The van der Waals surface area contributed by atoms with Gasteiger partial charge in [0.15, 0.2) is 5.41 Å². The molecule has 1 aliphatic carbocycles. The molecule has 116 valence electrons. The second-order valence-corrected chi connectivity index (χ2v) is 5.25. The van der Waals surface area contributed by atoms with Gasteiger partial charge in [0.05, 0.1) is 14.2 Å². The molecule has 0 N–H and O–H groups in total. The van der Waals surface area contributed by atoms with Gasteiger partial charge < -0.3 is 9.47 Å². The topological polar surface area (TPSA) is 52.6 Å². The predicted octanol–water partition coefficient (Wildman–Crippen LogP) is 3.33. The lowest BCUT2D eigenvalue weighted by Crippen LogP contribution is -2.39. The lowest BCUT2D eigenvalue weighted by atomic mass is 9.84. The molecule has 1 rings (SSSR count). The first-order chi connectivity index (χ1) is 10.1. The first-order valence-electron chi connectivity index (χ1n) is 7.34. The highest BCUT2D eigenvalue weighted by Crippen LogP contribution is 2.29. The number of hydrogen-bond acceptors (Lipinski definition) is 4. The highest BCUT2D eigenvalue weighted by atomic mass is 16.5. The van der Waals surface area contributed by atoms with Gasteiger partial charge in [-0.25, -0.2) is 0 Å². The Balaban J connectivity index is 3.21. The van der Waals surface area contributed by atoms with Crippen LogP contribution in [0.1, 0.15) is 44.9 Å². The van der Waals surface area contributed by atoms with Gasteiger partial charge in [-0.15, -0.1) is 12.3 Å². The summed E-state index contributed by atoms with van der Waals surface area (Å²) in [5.41, 5.74) is 2.83. The summed E-state index contributed by atoms with van der Waals surface area (Å²) in [6.45, 7) is 3.62. The Morgan fingerprint density at radius 2 is 1.67 bits per heavy atom. The van der Waals surface area contributed by atoms with Crippen molar-refractivity contribution in [2.24, 2.45) is 5.41 Å². The van der Waals surface area contributed by atoms with Crippen molar-refractivity contribution in [3.63, 3.8) is 0 Å². The first-order valence-corrected chi connectivity index (χ1v) is 7.34. The molecule has 0 unspecified atom stereocenters.